The average molecular weight is 213 g/mol. The highest BCUT2D eigenvalue weighted by atomic mass is 16.5. The molecule has 1 aliphatic rings. The van der Waals surface area contributed by atoms with Crippen LogP contribution in [-0.2, 0) is 4.74 Å². The summed E-state index contributed by atoms with van der Waals surface area (Å²) in [7, 11) is 0. The maximum Gasteiger partial charge on any atom is 0.113 e. The molecule has 0 aromatic rings. The minimum Gasteiger partial charge on any atom is -0.362 e. The molecule has 0 amide bonds. The minimum atomic E-state index is 0.406. The van der Waals surface area contributed by atoms with E-state index in [0.29, 0.717) is 12.1 Å². The number of nitrogens with zero attached hydrogens (tertiary/aromatic N) is 1. The molecule has 2 heteroatoms. The minimum absolute atomic E-state index is 0.406. The van der Waals surface area contributed by atoms with Crippen molar-refractivity contribution in [2.24, 2.45) is 5.92 Å². The Morgan fingerprint density at radius 2 is 2.00 bits per heavy atom. The molecule has 2 atom stereocenters. The van der Waals surface area contributed by atoms with E-state index in [9.17, 15) is 0 Å². The highest BCUT2D eigenvalue weighted by molar-refractivity contribution is 4.74. The van der Waals surface area contributed by atoms with Crippen LogP contribution in [0, 0.1) is 5.92 Å². The highest BCUT2D eigenvalue weighted by Gasteiger charge is 2.28. The van der Waals surface area contributed by atoms with Crippen LogP contribution >= 0.6 is 0 Å². The van der Waals surface area contributed by atoms with Crippen molar-refractivity contribution >= 4 is 0 Å². The fourth-order valence-electron chi connectivity index (χ4n) is 2.32. The standard InChI is InChI=1S/C13H27NO/c1-4-6-8-12(3)13-14(9-7-5-2)10-11-15-13/h12-13H,4-11H2,1-3H3. The Labute approximate surface area is 95.0 Å². The van der Waals surface area contributed by atoms with Crippen LogP contribution in [0.1, 0.15) is 52.9 Å². The van der Waals surface area contributed by atoms with Crippen LogP contribution in [0.5, 0.6) is 0 Å². The van der Waals surface area contributed by atoms with Crippen molar-refractivity contribution in [3.8, 4) is 0 Å². The number of rotatable bonds is 7. The number of unbranched alkanes of at least 4 members (excludes halogenated alkanes) is 2. The van der Waals surface area contributed by atoms with Gasteiger partial charge in [0.2, 0.25) is 0 Å². The summed E-state index contributed by atoms with van der Waals surface area (Å²) in [6, 6.07) is 0. The summed E-state index contributed by atoms with van der Waals surface area (Å²) < 4.78 is 5.85. The van der Waals surface area contributed by atoms with Gasteiger partial charge in [0, 0.05) is 13.1 Å². The van der Waals surface area contributed by atoms with Crippen LogP contribution in [0.15, 0.2) is 0 Å². The molecule has 0 spiro atoms. The van der Waals surface area contributed by atoms with Gasteiger partial charge in [0.05, 0.1) is 6.61 Å². The van der Waals surface area contributed by atoms with E-state index in [2.05, 4.69) is 25.7 Å². The van der Waals surface area contributed by atoms with Crippen LogP contribution in [0.25, 0.3) is 0 Å². The third kappa shape index (κ3) is 4.12. The second-order valence-electron chi connectivity index (χ2n) is 4.77. The van der Waals surface area contributed by atoms with Crippen molar-refractivity contribution < 1.29 is 4.74 Å². The zero-order chi connectivity index (χ0) is 11.1. The van der Waals surface area contributed by atoms with Gasteiger partial charge in [-0.05, 0) is 18.8 Å². The Hall–Kier alpha value is -0.0800. The first-order valence-electron chi connectivity index (χ1n) is 6.65. The fraction of sp³-hybridized carbons (Fsp3) is 1.00. The molecule has 2 nitrogen and oxygen atoms in total. The Bertz CT molecular complexity index is 161. The van der Waals surface area contributed by atoms with Crippen molar-refractivity contribution in [2.45, 2.75) is 59.1 Å². The summed E-state index contributed by atoms with van der Waals surface area (Å²) >= 11 is 0. The third-order valence-corrected chi connectivity index (χ3v) is 3.33. The van der Waals surface area contributed by atoms with Gasteiger partial charge in [-0.2, -0.15) is 0 Å². The fourth-order valence-corrected chi connectivity index (χ4v) is 2.32. The molecule has 0 aromatic heterocycles. The summed E-state index contributed by atoms with van der Waals surface area (Å²) in [4.78, 5) is 2.53. The summed E-state index contributed by atoms with van der Waals surface area (Å²) in [6.07, 6.45) is 6.94. The summed E-state index contributed by atoms with van der Waals surface area (Å²) in [5.41, 5.74) is 0. The SMILES string of the molecule is CCCCC(C)C1OCCN1CCCC. The van der Waals surface area contributed by atoms with E-state index in [1.807, 2.05) is 0 Å². The second-order valence-corrected chi connectivity index (χ2v) is 4.77. The van der Waals surface area contributed by atoms with Crippen LogP contribution in [0.3, 0.4) is 0 Å². The predicted molar refractivity (Wildman–Crippen MR) is 64.9 cm³/mol. The number of hydrogen-bond donors (Lipinski definition) is 0. The van der Waals surface area contributed by atoms with Gasteiger partial charge in [-0.25, -0.2) is 0 Å². The molecule has 2 unspecified atom stereocenters. The largest absolute Gasteiger partial charge is 0.362 e. The Morgan fingerprint density at radius 1 is 1.27 bits per heavy atom. The molecule has 0 saturated carbocycles. The van der Waals surface area contributed by atoms with Crippen LogP contribution in [0.4, 0.5) is 0 Å². The van der Waals surface area contributed by atoms with Crippen molar-refractivity contribution in [2.75, 3.05) is 19.7 Å². The predicted octanol–water partition coefficient (Wildman–Crippen LogP) is 3.27. The monoisotopic (exact) mass is 213 g/mol. The smallest absolute Gasteiger partial charge is 0.113 e. The zero-order valence-electron chi connectivity index (χ0n) is 10.7. The second kappa shape index (κ2) is 7.24. The Balaban J connectivity index is 2.30. The molecule has 15 heavy (non-hydrogen) atoms. The molecule has 0 aliphatic carbocycles. The molecule has 1 aliphatic heterocycles. The van der Waals surface area contributed by atoms with Gasteiger partial charge in [0.1, 0.15) is 6.23 Å². The van der Waals surface area contributed by atoms with E-state index < -0.39 is 0 Å². The van der Waals surface area contributed by atoms with E-state index in [1.165, 1.54) is 38.6 Å². The molecule has 1 heterocycles. The summed E-state index contributed by atoms with van der Waals surface area (Å²) in [5.74, 6) is 0.698. The lowest BCUT2D eigenvalue weighted by Crippen LogP contribution is -2.36. The molecule has 0 N–H and O–H groups in total. The van der Waals surface area contributed by atoms with Crippen LogP contribution in [0.2, 0.25) is 0 Å². The maximum atomic E-state index is 5.85. The van der Waals surface area contributed by atoms with Gasteiger partial charge in [0.15, 0.2) is 0 Å². The molecule has 1 saturated heterocycles. The van der Waals surface area contributed by atoms with Gasteiger partial charge in [-0.15, -0.1) is 0 Å². The Morgan fingerprint density at radius 3 is 2.67 bits per heavy atom. The topological polar surface area (TPSA) is 12.5 Å². The maximum absolute atomic E-state index is 5.85. The van der Waals surface area contributed by atoms with Gasteiger partial charge in [-0.1, -0.05) is 40.0 Å². The van der Waals surface area contributed by atoms with Crippen molar-refractivity contribution in [3.63, 3.8) is 0 Å². The molecular formula is C13H27NO. The van der Waals surface area contributed by atoms with Gasteiger partial charge in [-0.3, -0.25) is 4.90 Å². The zero-order valence-corrected chi connectivity index (χ0v) is 10.7. The van der Waals surface area contributed by atoms with E-state index in [0.717, 1.165) is 13.2 Å². The molecule has 0 radical (unpaired) electrons. The van der Waals surface area contributed by atoms with Crippen molar-refractivity contribution in [3.05, 3.63) is 0 Å². The van der Waals surface area contributed by atoms with Crippen molar-refractivity contribution in [1.82, 2.24) is 4.90 Å². The molecule has 0 aromatic carbocycles. The normalized spacial score (nSPS) is 24.6. The summed E-state index contributed by atoms with van der Waals surface area (Å²) in [5, 5.41) is 0. The van der Waals surface area contributed by atoms with Gasteiger partial charge in [0.25, 0.3) is 0 Å². The summed E-state index contributed by atoms with van der Waals surface area (Å²) in [6.45, 7) is 10.2. The molecular weight excluding hydrogens is 186 g/mol. The van der Waals surface area contributed by atoms with Crippen LogP contribution in [-0.4, -0.2) is 30.8 Å². The molecule has 0 bridgehead atoms. The lowest BCUT2D eigenvalue weighted by Gasteiger charge is -2.27. The van der Waals surface area contributed by atoms with Gasteiger partial charge >= 0.3 is 0 Å². The molecule has 1 fully saturated rings. The average Bonchev–Trinajstić information content (AvgIpc) is 2.71. The van der Waals surface area contributed by atoms with E-state index in [4.69, 9.17) is 4.74 Å². The third-order valence-electron chi connectivity index (χ3n) is 3.33. The first-order chi connectivity index (χ1) is 7.29. The van der Waals surface area contributed by atoms with E-state index >= 15 is 0 Å². The lowest BCUT2D eigenvalue weighted by atomic mass is 10.0. The molecule has 1 rings (SSSR count). The van der Waals surface area contributed by atoms with Gasteiger partial charge < -0.3 is 4.74 Å². The number of ether oxygens (including phenoxy) is 1. The Kier molecular flexibility index (Phi) is 6.26. The number of hydrogen-bond acceptors (Lipinski definition) is 2. The van der Waals surface area contributed by atoms with E-state index in [1.54, 1.807) is 0 Å². The highest BCUT2D eigenvalue weighted by Crippen LogP contribution is 2.22. The quantitative estimate of drug-likeness (QED) is 0.643. The van der Waals surface area contributed by atoms with Crippen molar-refractivity contribution in [1.29, 1.82) is 0 Å². The lowest BCUT2D eigenvalue weighted by molar-refractivity contribution is -0.0110. The first kappa shape index (κ1) is 13.0. The van der Waals surface area contributed by atoms with Crippen LogP contribution < -0.4 is 0 Å². The molecule has 90 valence electrons. The first-order valence-corrected chi connectivity index (χ1v) is 6.65. The van der Waals surface area contributed by atoms with E-state index in [-0.39, 0.29) is 0 Å².